The predicted molar refractivity (Wildman–Crippen MR) is 98.8 cm³/mol. The van der Waals surface area contributed by atoms with Gasteiger partial charge in [-0.3, -0.25) is 4.79 Å². The minimum Gasteiger partial charge on any atom is -0.333 e. The quantitative estimate of drug-likeness (QED) is 0.622. The Morgan fingerprint density at radius 2 is 1.89 bits per heavy atom. The highest BCUT2D eigenvalue weighted by Crippen LogP contribution is 2.15. The Bertz CT molecular complexity index is 945. The predicted octanol–water partition coefficient (Wildman–Crippen LogP) is 2.14. The molecule has 0 saturated heterocycles. The van der Waals surface area contributed by atoms with Crippen LogP contribution in [0.2, 0.25) is 0 Å². The van der Waals surface area contributed by atoms with Gasteiger partial charge in [-0.15, -0.1) is 5.10 Å². The van der Waals surface area contributed by atoms with Crippen LogP contribution in [0.4, 0.5) is 8.78 Å². The van der Waals surface area contributed by atoms with Gasteiger partial charge in [0.25, 0.3) is 5.91 Å². The Hall–Kier alpha value is -3.20. The average molecular weight is 386 g/mol. The molecule has 0 aliphatic carbocycles. The first kappa shape index (κ1) is 19.6. The lowest BCUT2D eigenvalue weighted by molar-refractivity contribution is 0.0731. The number of rotatable bonds is 7. The highest BCUT2D eigenvalue weighted by atomic mass is 19.2. The van der Waals surface area contributed by atoms with Crippen molar-refractivity contribution in [2.45, 2.75) is 6.54 Å². The van der Waals surface area contributed by atoms with Crippen molar-refractivity contribution in [1.29, 1.82) is 0 Å². The summed E-state index contributed by atoms with van der Waals surface area (Å²) in [6, 6.07) is 10.6. The summed E-state index contributed by atoms with van der Waals surface area (Å²) in [5.41, 5.74) is 1.62. The number of tetrazole rings is 1. The van der Waals surface area contributed by atoms with Crippen LogP contribution in [-0.4, -0.2) is 63.1 Å². The van der Waals surface area contributed by atoms with Gasteiger partial charge in [0, 0.05) is 25.2 Å². The molecular weight excluding hydrogens is 366 g/mol. The van der Waals surface area contributed by atoms with Gasteiger partial charge in [0.1, 0.15) is 6.33 Å². The van der Waals surface area contributed by atoms with E-state index in [1.54, 1.807) is 29.2 Å². The fourth-order valence-corrected chi connectivity index (χ4v) is 2.68. The second-order valence-corrected chi connectivity index (χ2v) is 6.58. The number of carbonyl (C=O) groups excluding carboxylic acids is 1. The third-order valence-electron chi connectivity index (χ3n) is 4.17. The van der Waals surface area contributed by atoms with Gasteiger partial charge in [-0.1, -0.05) is 12.1 Å². The molecule has 28 heavy (non-hydrogen) atoms. The maximum Gasteiger partial charge on any atom is 0.254 e. The van der Waals surface area contributed by atoms with Crippen molar-refractivity contribution < 1.29 is 13.6 Å². The molecule has 146 valence electrons. The van der Waals surface area contributed by atoms with Crippen molar-refractivity contribution in [3.63, 3.8) is 0 Å². The van der Waals surface area contributed by atoms with Crippen LogP contribution in [0.1, 0.15) is 15.9 Å². The van der Waals surface area contributed by atoms with E-state index in [9.17, 15) is 13.6 Å². The third-order valence-corrected chi connectivity index (χ3v) is 4.17. The van der Waals surface area contributed by atoms with E-state index in [0.717, 1.165) is 12.1 Å². The van der Waals surface area contributed by atoms with Crippen LogP contribution in [0.15, 0.2) is 48.8 Å². The van der Waals surface area contributed by atoms with E-state index < -0.39 is 11.6 Å². The summed E-state index contributed by atoms with van der Waals surface area (Å²) in [6.07, 6.45) is 1.44. The van der Waals surface area contributed by atoms with Crippen molar-refractivity contribution in [2.75, 3.05) is 27.2 Å². The first-order valence-electron chi connectivity index (χ1n) is 8.65. The van der Waals surface area contributed by atoms with E-state index in [-0.39, 0.29) is 12.5 Å². The monoisotopic (exact) mass is 386 g/mol. The molecule has 0 unspecified atom stereocenters. The summed E-state index contributed by atoms with van der Waals surface area (Å²) in [7, 11) is 3.80. The molecule has 0 radical (unpaired) electrons. The molecule has 0 bridgehead atoms. The number of hydrogen-bond donors (Lipinski definition) is 0. The second-order valence-electron chi connectivity index (χ2n) is 6.58. The van der Waals surface area contributed by atoms with Gasteiger partial charge in [-0.2, -0.15) is 0 Å². The molecule has 7 nitrogen and oxygen atoms in total. The Balaban J connectivity index is 1.85. The third kappa shape index (κ3) is 4.74. The number of halogens is 2. The van der Waals surface area contributed by atoms with Crippen LogP contribution in [0.25, 0.3) is 5.69 Å². The summed E-state index contributed by atoms with van der Waals surface area (Å²) in [5.74, 6) is -2.07. The lowest BCUT2D eigenvalue weighted by Gasteiger charge is -2.25. The van der Waals surface area contributed by atoms with E-state index in [1.807, 2.05) is 19.0 Å². The van der Waals surface area contributed by atoms with Crippen LogP contribution in [0.5, 0.6) is 0 Å². The second kappa shape index (κ2) is 8.66. The molecule has 1 amide bonds. The van der Waals surface area contributed by atoms with E-state index >= 15 is 0 Å². The SMILES string of the molecule is CN(C)CCN(Cc1ccc(F)c(F)c1)C(=O)c1cccc(-n2cnnn2)c1. The van der Waals surface area contributed by atoms with E-state index in [1.165, 1.54) is 17.1 Å². The first-order valence-corrected chi connectivity index (χ1v) is 8.65. The number of likely N-dealkylation sites (N-methyl/N-ethyl adjacent to an activating group) is 1. The highest BCUT2D eigenvalue weighted by Gasteiger charge is 2.18. The molecule has 2 aromatic carbocycles. The van der Waals surface area contributed by atoms with Crippen molar-refractivity contribution in [3.8, 4) is 5.69 Å². The Morgan fingerprint density at radius 3 is 2.57 bits per heavy atom. The molecule has 3 rings (SSSR count). The number of benzene rings is 2. The van der Waals surface area contributed by atoms with E-state index in [2.05, 4.69) is 15.5 Å². The zero-order chi connectivity index (χ0) is 20.1. The molecule has 1 aromatic heterocycles. The molecule has 0 saturated carbocycles. The molecule has 0 spiro atoms. The van der Waals surface area contributed by atoms with Crippen molar-refractivity contribution in [2.24, 2.45) is 0 Å². The molecule has 9 heteroatoms. The minimum absolute atomic E-state index is 0.166. The molecule has 1 heterocycles. The fraction of sp³-hybridized carbons (Fsp3) is 0.263. The molecule has 3 aromatic rings. The Labute approximate surface area is 161 Å². The molecular formula is C19H20F2N6O. The van der Waals surface area contributed by atoms with Crippen molar-refractivity contribution >= 4 is 5.91 Å². The largest absolute Gasteiger partial charge is 0.333 e. The van der Waals surface area contributed by atoms with Gasteiger partial charge in [0.05, 0.1) is 5.69 Å². The zero-order valence-corrected chi connectivity index (χ0v) is 15.6. The van der Waals surface area contributed by atoms with Crippen LogP contribution in [-0.2, 0) is 6.54 Å². The van der Waals surface area contributed by atoms with Gasteiger partial charge >= 0.3 is 0 Å². The lowest BCUT2D eigenvalue weighted by Crippen LogP contribution is -2.36. The van der Waals surface area contributed by atoms with Crippen LogP contribution in [0, 0.1) is 11.6 Å². The Kier molecular flexibility index (Phi) is 6.05. The summed E-state index contributed by atoms with van der Waals surface area (Å²) in [4.78, 5) is 16.7. The molecule has 0 aliphatic rings. The maximum atomic E-state index is 13.6. The lowest BCUT2D eigenvalue weighted by atomic mass is 10.1. The normalized spacial score (nSPS) is 11.0. The molecule has 0 atom stereocenters. The van der Waals surface area contributed by atoms with Crippen LogP contribution in [0.3, 0.4) is 0 Å². The number of aromatic nitrogens is 4. The van der Waals surface area contributed by atoms with Crippen LogP contribution < -0.4 is 0 Å². The first-order chi connectivity index (χ1) is 13.4. The number of amides is 1. The van der Waals surface area contributed by atoms with Gasteiger partial charge in [0.15, 0.2) is 11.6 Å². The molecule has 0 fully saturated rings. The van der Waals surface area contributed by atoms with Crippen molar-refractivity contribution in [3.05, 3.63) is 71.6 Å². The highest BCUT2D eigenvalue weighted by molar-refractivity contribution is 5.94. The van der Waals surface area contributed by atoms with Gasteiger partial charge in [-0.25, -0.2) is 13.5 Å². The summed E-state index contributed by atoms with van der Waals surface area (Å²) in [5, 5.41) is 11.0. The number of hydrogen-bond acceptors (Lipinski definition) is 5. The maximum absolute atomic E-state index is 13.6. The van der Waals surface area contributed by atoms with E-state index in [4.69, 9.17) is 0 Å². The van der Waals surface area contributed by atoms with Crippen LogP contribution >= 0.6 is 0 Å². The standard InChI is InChI=1S/C19H20F2N6O/c1-25(2)8-9-26(12-14-6-7-17(20)18(21)10-14)19(28)15-4-3-5-16(11-15)27-13-22-23-24-27/h3-7,10-11,13H,8-9,12H2,1-2H3. The molecule has 0 N–H and O–H groups in total. The number of carbonyl (C=O) groups is 1. The minimum atomic E-state index is -0.932. The Morgan fingerprint density at radius 1 is 1.07 bits per heavy atom. The van der Waals surface area contributed by atoms with Gasteiger partial charge < -0.3 is 9.80 Å². The van der Waals surface area contributed by atoms with E-state index in [0.29, 0.717) is 29.9 Å². The van der Waals surface area contributed by atoms with Crippen molar-refractivity contribution in [1.82, 2.24) is 30.0 Å². The summed E-state index contributed by atoms with van der Waals surface area (Å²) < 4.78 is 28.2. The summed E-state index contributed by atoms with van der Waals surface area (Å²) >= 11 is 0. The fourth-order valence-electron chi connectivity index (χ4n) is 2.68. The molecule has 0 aliphatic heterocycles. The topological polar surface area (TPSA) is 67.2 Å². The van der Waals surface area contributed by atoms with Gasteiger partial charge in [-0.05, 0) is 60.4 Å². The zero-order valence-electron chi connectivity index (χ0n) is 15.6. The average Bonchev–Trinajstić information content (AvgIpc) is 3.22. The number of nitrogens with zero attached hydrogens (tertiary/aromatic N) is 6. The van der Waals surface area contributed by atoms with Gasteiger partial charge in [0.2, 0.25) is 0 Å². The summed E-state index contributed by atoms with van der Waals surface area (Å²) in [6.45, 7) is 1.22. The smallest absolute Gasteiger partial charge is 0.254 e.